The number of halogens is 1. The first-order valence-corrected chi connectivity index (χ1v) is 7.13. The van der Waals surface area contributed by atoms with Gasteiger partial charge in [0.25, 0.3) is 0 Å². The first-order valence-electron chi connectivity index (χ1n) is 6.75. The number of aryl methyl sites for hydroxylation is 1. The molecule has 4 heteroatoms. The van der Waals surface area contributed by atoms with Crippen LogP contribution in [0.4, 0.5) is 11.4 Å². The molecule has 0 spiro atoms. The molecule has 0 atom stereocenters. The van der Waals surface area contributed by atoms with Crippen molar-refractivity contribution >= 4 is 28.9 Å². The molecule has 0 saturated carbocycles. The number of hydrogen-bond donors (Lipinski definition) is 2. The van der Waals surface area contributed by atoms with Gasteiger partial charge in [-0.3, -0.25) is 4.79 Å². The summed E-state index contributed by atoms with van der Waals surface area (Å²) in [4.78, 5) is 12.6. The third kappa shape index (κ3) is 3.19. The van der Waals surface area contributed by atoms with Crippen LogP contribution in [0.3, 0.4) is 0 Å². The van der Waals surface area contributed by atoms with Gasteiger partial charge in [0, 0.05) is 5.69 Å². The molecule has 0 saturated heterocycles. The fourth-order valence-corrected chi connectivity index (χ4v) is 2.27. The van der Waals surface area contributed by atoms with E-state index >= 15 is 0 Å². The Bertz CT molecular complexity index is 666. The third-order valence-corrected chi connectivity index (χ3v) is 3.98. The zero-order valence-corrected chi connectivity index (χ0v) is 13.2. The van der Waals surface area contributed by atoms with Crippen LogP contribution in [0.15, 0.2) is 42.5 Å². The quantitative estimate of drug-likeness (QED) is 0.837. The minimum Gasteiger partial charge on any atom is -0.398 e. The van der Waals surface area contributed by atoms with Crippen LogP contribution in [-0.4, -0.2) is 5.91 Å². The van der Waals surface area contributed by atoms with Crippen LogP contribution in [-0.2, 0) is 10.2 Å². The monoisotopic (exact) mass is 302 g/mol. The Morgan fingerprint density at radius 3 is 2.43 bits per heavy atom. The largest absolute Gasteiger partial charge is 0.398 e. The van der Waals surface area contributed by atoms with Gasteiger partial charge in [-0.15, -0.1) is 0 Å². The number of carbonyl (C=O) groups excluding carboxylic acids is 1. The van der Waals surface area contributed by atoms with Gasteiger partial charge >= 0.3 is 0 Å². The zero-order chi connectivity index (χ0) is 15.6. The summed E-state index contributed by atoms with van der Waals surface area (Å²) in [5.41, 5.74) is 8.15. The summed E-state index contributed by atoms with van der Waals surface area (Å²) >= 11 is 6.02. The Kier molecular flexibility index (Phi) is 4.24. The molecule has 21 heavy (non-hydrogen) atoms. The van der Waals surface area contributed by atoms with E-state index in [0.29, 0.717) is 16.4 Å². The standard InChI is InChI=1S/C17H19ClN2O/c1-11-9-14(19)13(18)10-15(11)20-16(21)17(2,3)12-7-5-4-6-8-12/h4-10H,19H2,1-3H3,(H,20,21). The first kappa shape index (κ1) is 15.4. The number of nitrogens with one attached hydrogen (secondary N) is 1. The van der Waals surface area contributed by atoms with Crippen molar-refractivity contribution in [2.45, 2.75) is 26.2 Å². The zero-order valence-electron chi connectivity index (χ0n) is 12.4. The predicted octanol–water partition coefficient (Wildman–Crippen LogP) is 4.15. The molecule has 0 aliphatic carbocycles. The number of amides is 1. The summed E-state index contributed by atoms with van der Waals surface area (Å²) in [6, 6.07) is 13.1. The van der Waals surface area contributed by atoms with Gasteiger partial charge in [0.05, 0.1) is 16.1 Å². The van der Waals surface area contributed by atoms with Crippen molar-refractivity contribution in [1.29, 1.82) is 0 Å². The highest BCUT2D eigenvalue weighted by Gasteiger charge is 2.29. The van der Waals surface area contributed by atoms with E-state index in [1.165, 1.54) is 0 Å². The maximum Gasteiger partial charge on any atom is 0.234 e. The van der Waals surface area contributed by atoms with E-state index in [1.807, 2.05) is 51.1 Å². The van der Waals surface area contributed by atoms with Crippen molar-refractivity contribution in [2.75, 3.05) is 11.1 Å². The van der Waals surface area contributed by atoms with E-state index in [2.05, 4.69) is 5.32 Å². The van der Waals surface area contributed by atoms with E-state index < -0.39 is 5.41 Å². The summed E-state index contributed by atoms with van der Waals surface area (Å²) in [6.45, 7) is 5.68. The second-order valence-corrected chi connectivity index (χ2v) is 6.04. The van der Waals surface area contributed by atoms with Crippen molar-refractivity contribution in [1.82, 2.24) is 0 Å². The molecule has 0 bridgehead atoms. The SMILES string of the molecule is Cc1cc(N)c(Cl)cc1NC(=O)C(C)(C)c1ccccc1. The van der Waals surface area contributed by atoms with Gasteiger partial charge in [0.1, 0.15) is 0 Å². The van der Waals surface area contributed by atoms with Crippen LogP contribution in [0.5, 0.6) is 0 Å². The van der Waals surface area contributed by atoms with Gasteiger partial charge in [-0.2, -0.15) is 0 Å². The molecule has 0 radical (unpaired) electrons. The van der Waals surface area contributed by atoms with Crippen LogP contribution < -0.4 is 11.1 Å². The Morgan fingerprint density at radius 2 is 1.81 bits per heavy atom. The van der Waals surface area contributed by atoms with Crippen LogP contribution in [0.1, 0.15) is 25.0 Å². The van der Waals surface area contributed by atoms with E-state index in [9.17, 15) is 4.79 Å². The summed E-state index contributed by atoms with van der Waals surface area (Å²) in [7, 11) is 0. The second kappa shape index (κ2) is 5.78. The molecule has 0 fully saturated rings. The number of rotatable bonds is 3. The number of nitrogen functional groups attached to an aromatic ring is 1. The fourth-order valence-electron chi connectivity index (χ4n) is 2.10. The predicted molar refractivity (Wildman–Crippen MR) is 88.7 cm³/mol. The smallest absolute Gasteiger partial charge is 0.234 e. The maximum absolute atomic E-state index is 12.6. The molecule has 0 heterocycles. The van der Waals surface area contributed by atoms with Crippen molar-refractivity contribution in [3.8, 4) is 0 Å². The van der Waals surface area contributed by atoms with Crippen LogP contribution in [0, 0.1) is 6.92 Å². The number of anilines is 2. The molecule has 3 N–H and O–H groups in total. The summed E-state index contributed by atoms with van der Waals surface area (Å²) in [6.07, 6.45) is 0. The highest BCUT2D eigenvalue weighted by molar-refractivity contribution is 6.33. The molecular weight excluding hydrogens is 284 g/mol. The molecule has 2 aromatic carbocycles. The number of hydrogen-bond acceptors (Lipinski definition) is 2. The van der Waals surface area contributed by atoms with E-state index in [0.717, 1.165) is 11.1 Å². The molecule has 0 aliphatic heterocycles. The lowest BCUT2D eigenvalue weighted by molar-refractivity contribution is -0.120. The van der Waals surface area contributed by atoms with Crippen molar-refractivity contribution in [2.24, 2.45) is 0 Å². The van der Waals surface area contributed by atoms with Gasteiger partial charge in [-0.25, -0.2) is 0 Å². The normalized spacial score (nSPS) is 11.2. The molecule has 0 unspecified atom stereocenters. The molecule has 3 nitrogen and oxygen atoms in total. The Morgan fingerprint density at radius 1 is 1.19 bits per heavy atom. The van der Waals surface area contributed by atoms with E-state index in [-0.39, 0.29) is 5.91 Å². The molecule has 0 aliphatic rings. The molecule has 110 valence electrons. The molecule has 2 aromatic rings. The Labute approximate surface area is 130 Å². The second-order valence-electron chi connectivity index (χ2n) is 5.63. The van der Waals surface area contributed by atoms with Gasteiger partial charge in [0.15, 0.2) is 0 Å². The highest BCUT2D eigenvalue weighted by Crippen LogP contribution is 2.29. The Hall–Kier alpha value is -2.00. The molecule has 1 amide bonds. The minimum absolute atomic E-state index is 0.0855. The fraction of sp³-hybridized carbons (Fsp3) is 0.235. The maximum atomic E-state index is 12.6. The number of carbonyl (C=O) groups is 1. The summed E-state index contributed by atoms with van der Waals surface area (Å²) in [5, 5.41) is 3.38. The van der Waals surface area contributed by atoms with Gasteiger partial charge in [-0.1, -0.05) is 41.9 Å². The first-order chi connectivity index (χ1) is 9.82. The third-order valence-electron chi connectivity index (χ3n) is 3.66. The lowest BCUT2D eigenvalue weighted by Gasteiger charge is -2.25. The molecular formula is C17H19ClN2O. The number of benzene rings is 2. The highest BCUT2D eigenvalue weighted by atomic mass is 35.5. The molecule has 2 rings (SSSR count). The van der Waals surface area contributed by atoms with Crippen LogP contribution in [0.25, 0.3) is 0 Å². The average Bonchev–Trinajstić information content (AvgIpc) is 2.45. The lowest BCUT2D eigenvalue weighted by Crippen LogP contribution is -2.34. The lowest BCUT2D eigenvalue weighted by atomic mass is 9.83. The van der Waals surface area contributed by atoms with Crippen molar-refractivity contribution < 1.29 is 4.79 Å². The van der Waals surface area contributed by atoms with Crippen molar-refractivity contribution in [3.05, 3.63) is 58.6 Å². The minimum atomic E-state index is -0.637. The topological polar surface area (TPSA) is 55.1 Å². The van der Waals surface area contributed by atoms with Gasteiger partial charge in [-0.05, 0) is 44.0 Å². The average molecular weight is 303 g/mol. The van der Waals surface area contributed by atoms with Crippen LogP contribution >= 0.6 is 11.6 Å². The molecule has 0 aromatic heterocycles. The van der Waals surface area contributed by atoms with E-state index in [4.69, 9.17) is 17.3 Å². The van der Waals surface area contributed by atoms with E-state index in [1.54, 1.807) is 12.1 Å². The summed E-state index contributed by atoms with van der Waals surface area (Å²) in [5.74, 6) is -0.0855. The van der Waals surface area contributed by atoms with Gasteiger partial charge in [0.2, 0.25) is 5.91 Å². The van der Waals surface area contributed by atoms with Gasteiger partial charge < -0.3 is 11.1 Å². The Balaban J connectivity index is 2.28. The number of nitrogens with two attached hydrogens (primary N) is 1. The summed E-state index contributed by atoms with van der Waals surface area (Å²) < 4.78 is 0. The van der Waals surface area contributed by atoms with Crippen LogP contribution in [0.2, 0.25) is 5.02 Å². The van der Waals surface area contributed by atoms with Crippen molar-refractivity contribution in [3.63, 3.8) is 0 Å².